The minimum atomic E-state index is 0.400. The van der Waals surface area contributed by atoms with E-state index in [9.17, 15) is 9.59 Å². The largest absolute Gasteiger partial charge is 0.311 e. The van der Waals surface area contributed by atoms with Gasteiger partial charge in [0.25, 0.3) is 0 Å². The molecule has 0 amide bonds. The van der Waals surface area contributed by atoms with Crippen LogP contribution in [0.25, 0.3) is 11.1 Å². The summed E-state index contributed by atoms with van der Waals surface area (Å²) in [6.45, 7) is 0. The van der Waals surface area contributed by atoms with Gasteiger partial charge in [0, 0.05) is 28.2 Å². The van der Waals surface area contributed by atoms with Crippen LogP contribution in [0.15, 0.2) is 103 Å². The van der Waals surface area contributed by atoms with Crippen molar-refractivity contribution in [2.75, 3.05) is 4.90 Å². The SMILES string of the molecule is O=Cc1cccc(-c2ccc(N(c3ccccc3)c3ccccc3)cc2)c1C=O. The number of nitrogens with zero attached hydrogens (tertiary/aromatic N) is 1. The van der Waals surface area contributed by atoms with Crippen molar-refractivity contribution in [1.29, 1.82) is 0 Å². The maximum Gasteiger partial charge on any atom is 0.151 e. The lowest BCUT2D eigenvalue weighted by Gasteiger charge is -2.25. The van der Waals surface area contributed by atoms with Crippen molar-refractivity contribution in [1.82, 2.24) is 0 Å². The summed E-state index contributed by atoms with van der Waals surface area (Å²) >= 11 is 0. The van der Waals surface area contributed by atoms with E-state index in [1.165, 1.54) is 0 Å². The standard InChI is InChI=1S/C26H19NO2/c28-18-21-8-7-13-25(26(21)19-29)20-14-16-24(17-15-20)27(22-9-3-1-4-10-22)23-11-5-2-6-12-23/h1-19H. The number of hydrogen-bond donors (Lipinski definition) is 0. The third kappa shape index (κ3) is 3.71. The molecule has 0 aromatic heterocycles. The molecule has 0 radical (unpaired) electrons. The number of rotatable bonds is 6. The Morgan fingerprint density at radius 2 is 1.07 bits per heavy atom. The fourth-order valence-electron chi connectivity index (χ4n) is 3.46. The molecule has 3 heteroatoms. The van der Waals surface area contributed by atoms with Gasteiger partial charge in [-0.05, 0) is 47.5 Å². The van der Waals surface area contributed by atoms with Crippen LogP contribution in [0.5, 0.6) is 0 Å². The normalized spacial score (nSPS) is 10.3. The van der Waals surface area contributed by atoms with Gasteiger partial charge in [-0.15, -0.1) is 0 Å². The molecule has 0 unspecified atom stereocenters. The number of aldehydes is 2. The summed E-state index contributed by atoms with van der Waals surface area (Å²) in [6.07, 6.45) is 1.46. The summed E-state index contributed by atoms with van der Waals surface area (Å²) < 4.78 is 0. The lowest BCUT2D eigenvalue weighted by Crippen LogP contribution is -2.09. The Morgan fingerprint density at radius 3 is 1.59 bits per heavy atom. The van der Waals surface area contributed by atoms with E-state index in [4.69, 9.17) is 0 Å². The van der Waals surface area contributed by atoms with E-state index in [0.29, 0.717) is 17.4 Å². The Kier molecular flexibility index (Phi) is 5.30. The Labute approximate surface area is 169 Å². The molecule has 0 heterocycles. The molecular weight excluding hydrogens is 358 g/mol. The van der Waals surface area contributed by atoms with E-state index < -0.39 is 0 Å². The molecule has 0 atom stereocenters. The predicted molar refractivity (Wildman–Crippen MR) is 117 cm³/mol. The first-order valence-corrected chi connectivity index (χ1v) is 9.36. The molecule has 4 aromatic rings. The third-order valence-corrected chi connectivity index (χ3v) is 4.85. The summed E-state index contributed by atoms with van der Waals surface area (Å²) in [5.74, 6) is 0. The zero-order valence-electron chi connectivity index (χ0n) is 15.7. The van der Waals surface area contributed by atoms with Gasteiger partial charge in [0.2, 0.25) is 0 Å². The van der Waals surface area contributed by atoms with Crippen LogP contribution in [0, 0.1) is 0 Å². The van der Waals surface area contributed by atoms with Crippen LogP contribution in [-0.4, -0.2) is 12.6 Å². The van der Waals surface area contributed by atoms with Crippen LogP contribution in [0.1, 0.15) is 20.7 Å². The average Bonchev–Trinajstić information content (AvgIpc) is 2.80. The summed E-state index contributed by atoms with van der Waals surface area (Å²) in [7, 11) is 0. The first kappa shape index (κ1) is 18.4. The maximum absolute atomic E-state index is 11.6. The molecule has 0 aliphatic rings. The Hall–Kier alpha value is -3.98. The van der Waals surface area contributed by atoms with Gasteiger partial charge in [-0.25, -0.2) is 0 Å². The minimum absolute atomic E-state index is 0.400. The fourth-order valence-corrected chi connectivity index (χ4v) is 3.46. The van der Waals surface area contributed by atoms with Gasteiger partial charge in [0.1, 0.15) is 0 Å². The molecule has 0 spiro atoms. The zero-order chi connectivity index (χ0) is 20.1. The molecule has 0 fully saturated rings. The van der Waals surface area contributed by atoms with Gasteiger partial charge in [0.05, 0.1) is 0 Å². The number of hydrogen-bond acceptors (Lipinski definition) is 3. The highest BCUT2D eigenvalue weighted by molar-refractivity contribution is 5.97. The summed E-state index contributed by atoms with van der Waals surface area (Å²) in [5.41, 5.74) is 5.58. The van der Waals surface area contributed by atoms with Crippen molar-refractivity contribution in [3.8, 4) is 11.1 Å². The minimum Gasteiger partial charge on any atom is -0.311 e. The van der Waals surface area contributed by atoms with E-state index in [1.54, 1.807) is 12.1 Å². The number of para-hydroxylation sites is 2. The fraction of sp³-hybridized carbons (Fsp3) is 0. The van der Waals surface area contributed by atoms with Gasteiger partial charge >= 0.3 is 0 Å². The van der Waals surface area contributed by atoms with Gasteiger partial charge < -0.3 is 4.90 Å². The lowest BCUT2D eigenvalue weighted by atomic mass is 9.96. The number of benzene rings is 4. The second-order valence-corrected chi connectivity index (χ2v) is 6.60. The Morgan fingerprint density at radius 1 is 0.517 bits per heavy atom. The van der Waals surface area contributed by atoms with E-state index in [2.05, 4.69) is 29.2 Å². The van der Waals surface area contributed by atoms with E-state index in [-0.39, 0.29) is 0 Å². The molecule has 4 rings (SSSR count). The predicted octanol–water partition coefficient (Wildman–Crippen LogP) is 6.45. The van der Waals surface area contributed by atoms with Crippen molar-refractivity contribution in [3.63, 3.8) is 0 Å². The number of carbonyl (C=O) groups excluding carboxylic acids is 2. The molecule has 0 aliphatic heterocycles. The molecular formula is C26H19NO2. The van der Waals surface area contributed by atoms with Crippen LogP contribution in [0.2, 0.25) is 0 Å². The van der Waals surface area contributed by atoms with Crippen LogP contribution in [-0.2, 0) is 0 Å². The van der Waals surface area contributed by atoms with Gasteiger partial charge in [-0.3, -0.25) is 9.59 Å². The van der Waals surface area contributed by atoms with Crippen molar-refractivity contribution in [2.24, 2.45) is 0 Å². The molecule has 0 aliphatic carbocycles. The van der Waals surface area contributed by atoms with Crippen LogP contribution < -0.4 is 4.90 Å². The topological polar surface area (TPSA) is 37.4 Å². The van der Waals surface area contributed by atoms with Gasteiger partial charge in [0.15, 0.2) is 12.6 Å². The monoisotopic (exact) mass is 377 g/mol. The van der Waals surface area contributed by atoms with Crippen molar-refractivity contribution in [3.05, 3.63) is 114 Å². The van der Waals surface area contributed by atoms with Crippen LogP contribution >= 0.6 is 0 Å². The highest BCUT2D eigenvalue weighted by Gasteiger charge is 2.13. The molecule has 4 aromatic carbocycles. The van der Waals surface area contributed by atoms with E-state index >= 15 is 0 Å². The lowest BCUT2D eigenvalue weighted by molar-refractivity contribution is 0.109. The number of anilines is 3. The van der Waals surface area contributed by atoms with E-state index in [1.807, 2.05) is 66.7 Å². The second kappa shape index (κ2) is 8.36. The third-order valence-electron chi connectivity index (χ3n) is 4.85. The molecule has 0 N–H and O–H groups in total. The Bertz CT molecular complexity index is 1080. The second-order valence-electron chi connectivity index (χ2n) is 6.60. The summed E-state index contributed by atoms with van der Waals surface area (Å²) in [6, 6.07) is 33.6. The molecule has 0 saturated heterocycles. The van der Waals surface area contributed by atoms with Crippen molar-refractivity contribution >= 4 is 29.6 Å². The highest BCUT2D eigenvalue weighted by atomic mass is 16.1. The summed E-state index contributed by atoms with van der Waals surface area (Å²) in [5, 5.41) is 0. The average molecular weight is 377 g/mol. The van der Waals surface area contributed by atoms with Crippen LogP contribution in [0.3, 0.4) is 0 Å². The maximum atomic E-state index is 11.6. The molecule has 140 valence electrons. The molecule has 29 heavy (non-hydrogen) atoms. The molecule has 0 saturated carbocycles. The molecule has 3 nitrogen and oxygen atoms in total. The van der Waals surface area contributed by atoms with Crippen molar-refractivity contribution in [2.45, 2.75) is 0 Å². The zero-order valence-corrected chi connectivity index (χ0v) is 15.7. The van der Waals surface area contributed by atoms with E-state index in [0.717, 1.165) is 34.5 Å². The first-order chi connectivity index (χ1) is 14.3. The number of carbonyl (C=O) groups is 2. The Balaban J connectivity index is 1.78. The smallest absolute Gasteiger partial charge is 0.151 e. The van der Waals surface area contributed by atoms with Gasteiger partial charge in [-0.2, -0.15) is 0 Å². The van der Waals surface area contributed by atoms with Crippen molar-refractivity contribution < 1.29 is 9.59 Å². The van der Waals surface area contributed by atoms with Crippen LogP contribution in [0.4, 0.5) is 17.1 Å². The molecule has 0 bridgehead atoms. The van der Waals surface area contributed by atoms with Gasteiger partial charge in [-0.1, -0.05) is 66.7 Å². The first-order valence-electron chi connectivity index (χ1n) is 9.36. The summed E-state index contributed by atoms with van der Waals surface area (Å²) in [4.78, 5) is 25.0. The highest BCUT2D eigenvalue weighted by Crippen LogP contribution is 2.35. The quantitative estimate of drug-likeness (QED) is 0.362.